The van der Waals surface area contributed by atoms with Gasteiger partial charge in [-0.3, -0.25) is 0 Å². The predicted molar refractivity (Wildman–Crippen MR) is 68.3 cm³/mol. The minimum absolute atomic E-state index is 0.0676. The zero-order valence-electron chi connectivity index (χ0n) is 10.9. The molecule has 96 valence electrons. The standard InChI is InChI=1S/C12H25NO2S/c1-5-11-6-7-12(10(11)3)13-9(2)8-16(4,14)15/h9-13H,5-8H2,1-4H3. The van der Waals surface area contributed by atoms with Crippen LogP contribution in [-0.2, 0) is 9.84 Å². The van der Waals surface area contributed by atoms with Crippen LogP contribution in [0.1, 0.15) is 40.0 Å². The third-order valence-electron chi connectivity index (χ3n) is 3.80. The second-order valence-electron chi connectivity index (χ2n) is 5.37. The summed E-state index contributed by atoms with van der Waals surface area (Å²) in [5.41, 5.74) is 0. The first-order valence-electron chi connectivity index (χ1n) is 6.27. The molecule has 1 aliphatic rings. The van der Waals surface area contributed by atoms with Crippen LogP contribution >= 0.6 is 0 Å². The number of hydrogen-bond donors (Lipinski definition) is 1. The summed E-state index contributed by atoms with van der Waals surface area (Å²) in [5.74, 6) is 1.72. The topological polar surface area (TPSA) is 46.2 Å². The fourth-order valence-electron chi connectivity index (χ4n) is 2.93. The van der Waals surface area contributed by atoms with Crippen LogP contribution in [0.15, 0.2) is 0 Å². The first kappa shape index (κ1) is 14.0. The Hall–Kier alpha value is -0.0900. The Labute approximate surface area is 99.9 Å². The van der Waals surface area contributed by atoms with Crippen molar-refractivity contribution in [3.8, 4) is 0 Å². The van der Waals surface area contributed by atoms with E-state index in [9.17, 15) is 8.42 Å². The Balaban J connectivity index is 2.44. The van der Waals surface area contributed by atoms with Crippen LogP contribution in [-0.4, -0.2) is 32.5 Å². The maximum Gasteiger partial charge on any atom is 0.148 e. The van der Waals surface area contributed by atoms with Gasteiger partial charge in [0, 0.05) is 18.3 Å². The fraction of sp³-hybridized carbons (Fsp3) is 1.00. The van der Waals surface area contributed by atoms with Gasteiger partial charge in [-0.25, -0.2) is 8.42 Å². The second kappa shape index (κ2) is 5.50. The summed E-state index contributed by atoms with van der Waals surface area (Å²) in [6.07, 6.45) is 5.01. The molecule has 0 heterocycles. The highest BCUT2D eigenvalue weighted by molar-refractivity contribution is 7.90. The van der Waals surface area contributed by atoms with Gasteiger partial charge in [-0.2, -0.15) is 0 Å². The van der Waals surface area contributed by atoms with Gasteiger partial charge in [0.1, 0.15) is 9.84 Å². The highest BCUT2D eigenvalue weighted by Crippen LogP contribution is 2.34. The average molecular weight is 247 g/mol. The SMILES string of the molecule is CCC1CCC(NC(C)CS(C)(=O)=O)C1C. The molecular weight excluding hydrogens is 222 g/mol. The van der Waals surface area contributed by atoms with Gasteiger partial charge in [0.15, 0.2) is 0 Å². The first-order chi connectivity index (χ1) is 7.33. The summed E-state index contributed by atoms with van der Waals surface area (Å²) in [6.45, 7) is 6.49. The lowest BCUT2D eigenvalue weighted by molar-refractivity contribution is 0.331. The van der Waals surface area contributed by atoms with Crippen molar-refractivity contribution < 1.29 is 8.42 Å². The van der Waals surface area contributed by atoms with Crippen LogP contribution in [0.5, 0.6) is 0 Å². The van der Waals surface area contributed by atoms with Crippen molar-refractivity contribution in [1.29, 1.82) is 0 Å². The van der Waals surface area contributed by atoms with Crippen molar-refractivity contribution >= 4 is 9.84 Å². The zero-order chi connectivity index (χ0) is 12.3. The first-order valence-corrected chi connectivity index (χ1v) is 8.33. The van der Waals surface area contributed by atoms with Crippen molar-refractivity contribution in [3.63, 3.8) is 0 Å². The summed E-state index contributed by atoms with van der Waals surface area (Å²) < 4.78 is 22.4. The van der Waals surface area contributed by atoms with Gasteiger partial charge in [-0.15, -0.1) is 0 Å². The Morgan fingerprint density at radius 2 is 2.00 bits per heavy atom. The van der Waals surface area contributed by atoms with Crippen LogP contribution in [0.2, 0.25) is 0 Å². The van der Waals surface area contributed by atoms with E-state index in [1.54, 1.807) is 0 Å². The molecule has 0 aromatic heterocycles. The minimum Gasteiger partial charge on any atom is -0.310 e. The summed E-state index contributed by atoms with van der Waals surface area (Å²) in [6, 6.07) is 0.569. The van der Waals surface area contributed by atoms with E-state index in [4.69, 9.17) is 0 Å². The minimum atomic E-state index is -2.86. The Kier molecular flexibility index (Phi) is 4.80. The quantitative estimate of drug-likeness (QED) is 0.806. The van der Waals surface area contributed by atoms with Gasteiger partial charge in [-0.1, -0.05) is 20.3 Å². The monoisotopic (exact) mass is 247 g/mol. The smallest absolute Gasteiger partial charge is 0.148 e. The van der Waals surface area contributed by atoms with Crippen molar-refractivity contribution in [2.24, 2.45) is 11.8 Å². The molecule has 0 bridgehead atoms. The van der Waals surface area contributed by atoms with Gasteiger partial charge in [0.2, 0.25) is 0 Å². The molecule has 0 radical (unpaired) electrons. The van der Waals surface area contributed by atoms with E-state index in [0.29, 0.717) is 12.0 Å². The van der Waals surface area contributed by atoms with Crippen LogP contribution in [0, 0.1) is 11.8 Å². The molecule has 0 saturated heterocycles. The lowest BCUT2D eigenvalue weighted by Gasteiger charge is -2.24. The molecule has 3 nitrogen and oxygen atoms in total. The number of nitrogens with one attached hydrogen (secondary N) is 1. The molecule has 1 saturated carbocycles. The second-order valence-corrected chi connectivity index (χ2v) is 7.56. The highest BCUT2D eigenvalue weighted by Gasteiger charge is 2.32. The Morgan fingerprint density at radius 3 is 2.44 bits per heavy atom. The maximum atomic E-state index is 11.2. The summed E-state index contributed by atoms with van der Waals surface area (Å²) in [7, 11) is -2.86. The van der Waals surface area contributed by atoms with Gasteiger partial charge in [0.05, 0.1) is 5.75 Å². The molecule has 0 aromatic carbocycles. The molecule has 0 spiro atoms. The molecular formula is C12H25NO2S. The van der Waals surface area contributed by atoms with Crippen LogP contribution < -0.4 is 5.32 Å². The Bertz CT molecular complexity index is 313. The lowest BCUT2D eigenvalue weighted by Crippen LogP contribution is -2.42. The van der Waals surface area contributed by atoms with Crippen LogP contribution in [0.3, 0.4) is 0 Å². The van der Waals surface area contributed by atoms with Gasteiger partial charge in [-0.05, 0) is 31.6 Å². The van der Waals surface area contributed by atoms with Crippen molar-refractivity contribution in [2.45, 2.75) is 52.1 Å². The van der Waals surface area contributed by atoms with E-state index in [-0.39, 0.29) is 11.8 Å². The molecule has 4 unspecified atom stereocenters. The molecule has 4 atom stereocenters. The fourth-order valence-corrected chi connectivity index (χ4v) is 3.93. The summed E-state index contributed by atoms with van der Waals surface area (Å²) in [4.78, 5) is 0. The van der Waals surface area contributed by atoms with Gasteiger partial charge >= 0.3 is 0 Å². The van der Waals surface area contributed by atoms with E-state index in [1.807, 2.05) is 6.92 Å². The summed E-state index contributed by atoms with van der Waals surface area (Å²) in [5, 5.41) is 3.47. The zero-order valence-corrected chi connectivity index (χ0v) is 11.7. The van der Waals surface area contributed by atoms with Crippen LogP contribution in [0.4, 0.5) is 0 Å². The molecule has 1 N–H and O–H groups in total. The highest BCUT2D eigenvalue weighted by atomic mass is 32.2. The summed E-state index contributed by atoms with van der Waals surface area (Å²) >= 11 is 0. The maximum absolute atomic E-state index is 11.2. The molecule has 0 aromatic rings. The van der Waals surface area contributed by atoms with Crippen molar-refractivity contribution in [3.05, 3.63) is 0 Å². The molecule has 0 aliphatic heterocycles. The third kappa shape index (κ3) is 4.06. The van der Waals surface area contributed by atoms with Crippen LogP contribution in [0.25, 0.3) is 0 Å². The van der Waals surface area contributed by atoms with Gasteiger partial charge < -0.3 is 5.32 Å². The third-order valence-corrected chi connectivity index (χ3v) is 4.91. The average Bonchev–Trinajstić information content (AvgIpc) is 2.44. The number of hydrogen-bond acceptors (Lipinski definition) is 3. The predicted octanol–water partition coefficient (Wildman–Crippen LogP) is 1.83. The molecule has 1 aliphatic carbocycles. The molecule has 4 heteroatoms. The number of rotatable bonds is 5. The Morgan fingerprint density at radius 1 is 1.38 bits per heavy atom. The van der Waals surface area contributed by atoms with E-state index >= 15 is 0 Å². The van der Waals surface area contributed by atoms with E-state index in [2.05, 4.69) is 19.2 Å². The number of sulfone groups is 1. The normalized spacial score (nSPS) is 32.9. The molecule has 1 rings (SSSR count). The van der Waals surface area contributed by atoms with Crippen molar-refractivity contribution in [1.82, 2.24) is 5.32 Å². The van der Waals surface area contributed by atoms with E-state index in [0.717, 1.165) is 5.92 Å². The molecule has 16 heavy (non-hydrogen) atoms. The lowest BCUT2D eigenvalue weighted by atomic mass is 9.93. The van der Waals surface area contributed by atoms with Crippen molar-refractivity contribution in [2.75, 3.05) is 12.0 Å². The van der Waals surface area contributed by atoms with E-state index in [1.165, 1.54) is 25.5 Å². The molecule has 0 amide bonds. The van der Waals surface area contributed by atoms with E-state index < -0.39 is 9.84 Å². The largest absolute Gasteiger partial charge is 0.310 e. The van der Waals surface area contributed by atoms with Gasteiger partial charge in [0.25, 0.3) is 0 Å². The molecule has 1 fully saturated rings.